The van der Waals surface area contributed by atoms with Gasteiger partial charge < -0.3 is 4.74 Å². The van der Waals surface area contributed by atoms with Crippen molar-refractivity contribution in [2.45, 2.75) is 20.3 Å². The van der Waals surface area contributed by atoms with E-state index in [2.05, 4.69) is 0 Å². The highest BCUT2D eigenvalue weighted by molar-refractivity contribution is 6.25. The molecule has 0 atom stereocenters. The van der Waals surface area contributed by atoms with Gasteiger partial charge in [0, 0.05) is 12.0 Å². The molecule has 0 saturated heterocycles. The number of rotatable bonds is 3. The van der Waals surface area contributed by atoms with Gasteiger partial charge in [-0.15, -0.1) is 0 Å². The van der Waals surface area contributed by atoms with Crippen LogP contribution in [0.2, 0.25) is 0 Å². The summed E-state index contributed by atoms with van der Waals surface area (Å²) in [6, 6.07) is 0. The normalized spacial score (nSPS) is 12.1. The van der Waals surface area contributed by atoms with E-state index in [-0.39, 0.29) is 5.97 Å². The van der Waals surface area contributed by atoms with Crippen molar-refractivity contribution in [1.29, 1.82) is 0 Å². The van der Waals surface area contributed by atoms with Crippen LogP contribution in [0.1, 0.15) is 20.3 Å². The summed E-state index contributed by atoms with van der Waals surface area (Å²) in [5.41, 5.74) is 2.17. The van der Waals surface area contributed by atoms with Gasteiger partial charge in [0.15, 0.2) is 0 Å². The molecule has 0 N–H and O–H groups in total. The first-order valence-corrected chi connectivity index (χ1v) is 3.77. The van der Waals surface area contributed by atoms with Gasteiger partial charge in [0.25, 0.3) is 0 Å². The van der Waals surface area contributed by atoms with Crippen LogP contribution in [-0.2, 0) is 9.53 Å². The van der Waals surface area contributed by atoms with Crippen molar-refractivity contribution in [1.82, 2.24) is 0 Å². The Kier molecular flexibility index (Phi) is 5.57. The quantitative estimate of drug-likeness (QED) is 0.374. The van der Waals surface area contributed by atoms with Crippen LogP contribution in [0.15, 0.2) is 23.4 Å². The van der Waals surface area contributed by atoms with Crippen molar-refractivity contribution >= 4 is 17.6 Å². The van der Waals surface area contributed by atoms with E-state index in [0.717, 1.165) is 5.57 Å². The van der Waals surface area contributed by atoms with Gasteiger partial charge in [0.2, 0.25) is 0 Å². The van der Waals surface area contributed by atoms with Crippen molar-refractivity contribution in [2.24, 2.45) is 0 Å². The van der Waals surface area contributed by atoms with Crippen LogP contribution in [0.4, 0.5) is 0 Å². The van der Waals surface area contributed by atoms with E-state index >= 15 is 0 Å². The Morgan fingerprint density at radius 1 is 1.64 bits per heavy atom. The van der Waals surface area contributed by atoms with Crippen molar-refractivity contribution < 1.29 is 9.53 Å². The van der Waals surface area contributed by atoms with Gasteiger partial charge in [-0.2, -0.15) is 0 Å². The van der Waals surface area contributed by atoms with Crippen molar-refractivity contribution in [3.8, 4) is 0 Å². The molecule has 62 valence electrons. The number of hydrogen-bond acceptors (Lipinski definition) is 2. The SMILES string of the molecule is CCC(=O)O/C=C(C)/C=C/Cl. The number of hydrogen-bond donors (Lipinski definition) is 0. The fraction of sp³-hybridized carbons (Fsp3) is 0.375. The predicted octanol–water partition coefficient (Wildman–Crippen LogP) is 2.60. The van der Waals surface area contributed by atoms with E-state index in [1.54, 1.807) is 19.9 Å². The van der Waals surface area contributed by atoms with E-state index in [0.29, 0.717) is 6.42 Å². The second kappa shape index (κ2) is 5.98. The molecule has 0 aliphatic rings. The zero-order valence-corrected chi connectivity index (χ0v) is 7.39. The molecule has 0 heterocycles. The lowest BCUT2D eigenvalue weighted by Crippen LogP contribution is -1.95. The van der Waals surface area contributed by atoms with E-state index in [9.17, 15) is 4.79 Å². The molecule has 0 unspecified atom stereocenters. The summed E-state index contributed by atoms with van der Waals surface area (Å²) in [6.07, 6.45) is 3.41. The third kappa shape index (κ3) is 5.67. The van der Waals surface area contributed by atoms with Gasteiger partial charge in [-0.1, -0.05) is 18.5 Å². The molecule has 0 radical (unpaired) electrons. The third-order valence-electron chi connectivity index (χ3n) is 0.991. The molecule has 3 heteroatoms. The molecule has 0 rings (SSSR count). The molecule has 0 saturated carbocycles. The molecule has 0 amide bonds. The fourth-order valence-corrected chi connectivity index (χ4v) is 0.579. The molecule has 2 nitrogen and oxygen atoms in total. The van der Waals surface area contributed by atoms with Gasteiger partial charge in [-0.25, -0.2) is 0 Å². The first-order chi connectivity index (χ1) is 5.20. The maximum atomic E-state index is 10.6. The highest BCUT2D eigenvalue weighted by Gasteiger charge is 1.93. The first-order valence-electron chi connectivity index (χ1n) is 3.33. The zero-order chi connectivity index (χ0) is 8.69. The Morgan fingerprint density at radius 2 is 2.27 bits per heavy atom. The predicted molar refractivity (Wildman–Crippen MR) is 45.1 cm³/mol. The van der Waals surface area contributed by atoms with Crippen molar-refractivity contribution in [3.05, 3.63) is 23.4 Å². The van der Waals surface area contributed by atoms with Crippen molar-refractivity contribution in [2.75, 3.05) is 0 Å². The monoisotopic (exact) mass is 174 g/mol. The topological polar surface area (TPSA) is 26.3 Å². The number of esters is 1. The summed E-state index contributed by atoms with van der Waals surface area (Å²) in [5.74, 6) is -0.243. The lowest BCUT2D eigenvalue weighted by molar-refractivity contribution is -0.137. The maximum absolute atomic E-state index is 10.6. The number of carbonyl (C=O) groups excluding carboxylic acids is 1. The number of ether oxygens (including phenoxy) is 1. The Bertz CT molecular complexity index is 183. The maximum Gasteiger partial charge on any atom is 0.310 e. The standard InChI is InChI=1S/C8H11ClO2/c1-3-8(10)11-6-7(2)4-5-9/h4-6H,3H2,1-2H3/b5-4+,7-6+. The minimum Gasteiger partial charge on any atom is -0.434 e. The largest absolute Gasteiger partial charge is 0.434 e. The van der Waals surface area contributed by atoms with Crippen LogP contribution >= 0.6 is 11.6 Å². The summed E-state index contributed by atoms with van der Waals surface area (Å²) < 4.78 is 4.69. The van der Waals surface area contributed by atoms with Gasteiger partial charge in [0.05, 0.1) is 6.26 Å². The lowest BCUT2D eigenvalue weighted by atomic mass is 10.3. The summed E-state index contributed by atoms with van der Waals surface area (Å²) >= 11 is 5.28. The molecule has 11 heavy (non-hydrogen) atoms. The Morgan fingerprint density at radius 3 is 2.73 bits per heavy atom. The molecule has 0 aliphatic carbocycles. The number of allylic oxidation sites excluding steroid dienone is 2. The van der Waals surface area contributed by atoms with Gasteiger partial charge in [0.1, 0.15) is 0 Å². The highest BCUT2D eigenvalue weighted by Crippen LogP contribution is 1.97. The second-order valence-electron chi connectivity index (χ2n) is 2.00. The summed E-state index contributed by atoms with van der Waals surface area (Å²) in [7, 11) is 0. The fourth-order valence-electron chi connectivity index (χ4n) is 0.381. The molecule has 0 aliphatic heterocycles. The van der Waals surface area contributed by atoms with E-state index < -0.39 is 0 Å². The minimum absolute atomic E-state index is 0.243. The van der Waals surface area contributed by atoms with E-state index in [1.807, 2.05) is 0 Å². The minimum atomic E-state index is -0.243. The number of carbonyl (C=O) groups is 1. The molecular weight excluding hydrogens is 164 g/mol. The van der Waals surface area contributed by atoms with Crippen molar-refractivity contribution in [3.63, 3.8) is 0 Å². The van der Waals surface area contributed by atoms with Crippen LogP contribution in [0.25, 0.3) is 0 Å². The lowest BCUT2D eigenvalue weighted by Gasteiger charge is -1.94. The van der Waals surface area contributed by atoms with Gasteiger partial charge in [-0.05, 0) is 18.6 Å². The average Bonchev–Trinajstić information content (AvgIpc) is 2.01. The molecule has 0 fully saturated rings. The Hall–Kier alpha value is -0.760. The summed E-state index contributed by atoms with van der Waals surface area (Å²) in [4.78, 5) is 10.6. The Balaban J connectivity index is 3.82. The molecule has 0 aromatic rings. The van der Waals surface area contributed by atoms with Gasteiger partial charge >= 0.3 is 5.97 Å². The van der Waals surface area contributed by atoms with Crippen LogP contribution in [0.3, 0.4) is 0 Å². The van der Waals surface area contributed by atoms with E-state index in [4.69, 9.17) is 16.3 Å². The molecule has 0 aromatic carbocycles. The molecule has 0 spiro atoms. The van der Waals surface area contributed by atoms with E-state index in [1.165, 1.54) is 11.8 Å². The first kappa shape index (κ1) is 10.2. The molecule has 0 aromatic heterocycles. The molecule has 0 bridgehead atoms. The summed E-state index contributed by atoms with van der Waals surface area (Å²) in [6.45, 7) is 3.53. The Labute approximate surface area is 71.5 Å². The second-order valence-corrected chi connectivity index (χ2v) is 2.25. The van der Waals surface area contributed by atoms with Crippen LogP contribution in [0.5, 0.6) is 0 Å². The zero-order valence-electron chi connectivity index (χ0n) is 6.63. The third-order valence-corrected chi connectivity index (χ3v) is 1.12. The van der Waals surface area contributed by atoms with Crippen LogP contribution < -0.4 is 0 Å². The van der Waals surface area contributed by atoms with Crippen LogP contribution in [-0.4, -0.2) is 5.97 Å². The summed E-state index contributed by atoms with van der Waals surface area (Å²) in [5, 5.41) is 0. The highest BCUT2D eigenvalue weighted by atomic mass is 35.5. The number of halogens is 1. The van der Waals surface area contributed by atoms with Gasteiger partial charge in [-0.3, -0.25) is 4.79 Å². The molecular formula is C8H11ClO2. The van der Waals surface area contributed by atoms with Crippen LogP contribution in [0, 0.1) is 0 Å². The smallest absolute Gasteiger partial charge is 0.310 e. The average molecular weight is 175 g/mol.